The summed E-state index contributed by atoms with van der Waals surface area (Å²) in [5.41, 5.74) is -1.19. The van der Waals surface area contributed by atoms with Gasteiger partial charge in [0.25, 0.3) is 5.69 Å². The molecule has 1 heterocycles. The lowest BCUT2D eigenvalue weighted by Crippen LogP contribution is -2.60. The van der Waals surface area contributed by atoms with E-state index in [2.05, 4.69) is 4.72 Å². The van der Waals surface area contributed by atoms with Crippen LogP contribution >= 0.6 is 0 Å². The number of para-hydroxylation sites is 1. The molecular formula is C24H36N4O7S. The van der Waals surface area contributed by atoms with Crippen molar-refractivity contribution in [2.75, 3.05) is 19.6 Å². The van der Waals surface area contributed by atoms with E-state index in [1.54, 1.807) is 30.6 Å². The van der Waals surface area contributed by atoms with Crippen LogP contribution in [-0.4, -0.2) is 72.5 Å². The molecule has 1 aliphatic heterocycles. The third kappa shape index (κ3) is 6.73. The third-order valence-electron chi connectivity index (χ3n) is 6.59. The summed E-state index contributed by atoms with van der Waals surface area (Å²) in [5, 5.41) is 11.4. The van der Waals surface area contributed by atoms with Gasteiger partial charge < -0.3 is 14.5 Å². The summed E-state index contributed by atoms with van der Waals surface area (Å²) in [6, 6.07) is 3.74. The highest BCUT2D eigenvalue weighted by molar-refractivity contribution is 7.89. The molecule has 1 saturated heterocycles. The van der Waals surface area contributed by atoms with Gasteiger partial charge in [-0.05, 0) is 52.5 Å². The fourth-order valence-electron chi connectivity index (χ4n) is 4.83. The van der Waals surface area contributed by atoms with E-state index in [0.717, 1.165) is 25.3 Å². The van der Waals surface area contributed by atoms with E-state index in [1.807, 2.05) is 6.92 Å². The minimum Gasteiger partial charge on any atom is -0.444 e. The molecule has 1 aliphatic carbocycles. The maximum atomic E-state index is 13.7. The molecule has 3 rings (SSSR count). The van der Waals surface area contributed by atoms with Crippen LogP contribution in [0.25, 0.3) is 0 Å². The zero-order chi connectivity index (χ0) is 26.7. The number of hydrogen-bond donors (Lipinski definition) is 1. The Morgan fingerprint density at radius 1 is 1.14 bits per heavy atom. The molecule has 0 radical (unpaired) electrons. The van der Waals surface area contributed by atoms with Gasteiger partial charge in [0, 0.05) is 31.7 Å². The number of piperazine rings is 1. The predicted octanol–water partition coefficient (Wildman–Crippen LogP) is 3.29. The van der Waals surface area contributed by atoms with Gasteiger partial charge in [0.2, 0.25) is 15.9 Å². The third-order valence-corrected chi connectivity index (χ3v) is 8.08. The Balaban J connectivity index is 1.82. The molecule has 12 heteroatoms. The van der Waals surface area contributed by atoms with Crippen LogP contribution in [-0.2, 0) is 19.6 Å². The van der Waals surface area contributed by atoms with Crippen molar-refractivity contribution in [1.82, 2.24) is 14.5 Å². The fraction of sp³-hybridized carbons (Fsp3) is 0.667. The Labute approximate surface area is 212 Å². The molecule has 0 spiro atoms. The largest absolute Gasteiger partial charge is 0.444 e. The Kier molecular flexibility index (Phi) is 8.60. The van der Waals surface area contributed by atoms with E-state index >= 15 is 0 Å². The fourth-order valence-corrected chi connectivity index (χ4v) is 6.26. The SMILES string of the molecule is C[C@H]1CN(C(=O)[C@@H](NS(=O)(=O)c2ccccc2[N+](=O)[O-])C2CCCCC2)CCN1C(=O)OC(C)(C)C. The zero-order valence-corrected chi connectivity index (χ0v) is 22.1. The van der Waals surface area contributed by atoms with E-state index in [4.69, 9.17) is 4.74 Å². The summed E-state index contributed by atoms with van der Waals surface area (Å²) in [6.45, 7) is 7.90. The molecule has 2 amide bonds. The highest BCUT2D eigenvalue weighted by atomic mass is 32.2. The second-order valence-electron chi connectivity index (χ2n) is 10.5. The van der Waals surface area contributed by atoms with Crippen molar-refractivity contribution in [3.63, 3.8) is 0 Å². The summed E-state index contributed by atoms with van der Waals surface area (Å²) in [6.07, 6.45) is 3.68. The normalized spacial score (nSPS) is 20.6. The van der Waals surface area contributed by atoms with Crippen LogP contribution in [0.15, 0.2) is 29.2 Å². The minimum atomic E-state index is -4.35. The van der Waals surface area contributed by atoms with E-state index in [-0.39, 0.29) is 37.5 Å². The monoisotopic (exact) mass is 524 g/mol. The van der Waals surface area contributed by atoms with Gasteiger partial charge in [-0.2, -0.15) is 4.72 Å². The Bertz CT molecular complexity index is 1080. The Morgan fingerprint density at radius 3 is 2.36 bits per heavy atom. The number of ether oxygens (including phenoxy) is 1. The number of carbonyl (C=O) groups excluding carboxylic acids is 2. The molecule has 11 nitrogen and oxygen atoms in total. The van der Waals surface area contributed by atoms with Crippen molar-refractivity contribution < 1.29 is 27.7 Å². The first-order valence-electron chi connectivity index (χ1n) is 12.3. The van der Waals surface area contributed by atoms with Crippen molar-refractivity contribution >= 4 is 27.7 Å². The van der Waals surface area contributed by atoms with Crippen LogP contribution < -0.4 is 4.72 Å². The number of carbonyl (C=O) groups is 2. The van der Waals surface area contributed by atoms with Crippen LogP contribution in [0.4, 0.5) is 10.5 Å². The summed E-state index contributed by atoms with van der Waals surface area (Å²) in [7, 11) is -4.35. The average molecular weight is 525 g/mol. The zero-order valence-electron chi connectivity index (χ0n) is 21.3. The minimum absolute atomic E-state index is 0.219. The smallest absolute Gasteiger partial charge is 0.410 e. The number of hydrogen-bond acceptors (Lipinski definition) is 7. The number of amides is 2. The highest BCUT2D eigenvalue weighted by Crippen LogP contribution is 2.30. The lowest BCUT2D eigenvalue weighted by molar-refractivity contribution is -0.387. The quantitative estimate of drug-likeness (QED) is 0.445. The number of nitrogens with zero attached hydrogens (tertiary/aromatic N) is 3. The topological polar surface area (TPSA) is 139 Å². The molecule has 1 N–H and O–H groups in total. The number of nitro groups is 1. The molecule has 0 aromatic heterocycles. The van der Waals surface area contributed by atoms with E-state index in [0.29, 0.717) is 12.8 Å². The molecule has 1 aromatic carbocycles. The summed E-state index contributed by atoms with van der Waals surface area (Å²) in [4.78, 5) is 39.7. The predicted molar refractivity (Wildman–Crippen MR) is 133 cm³/mol. The Hall–Kier alpha value is -2.73. The van der Waals surface area contributed by atoms with Gasteiger partial charge in [-0.1, -0.05) is 31.4 Å². The maximum absolute atomic E-state index is 13.7. The maximum Gasteiger partial charge on any atom is 0.410 e. The number of nitrogens with one attached hydrogen (secondary N) is 1. The number of benzene rings is 1. The first-order chi connectivity index (χ1) is 16.8. The second-order valence-corrected chi connectivity index (χ2v) is 12.2. The first-order valence-corrected chi connectivity index (χ1v) is 13.8. The standard InChI is InChI=1S/C24H36N4O7S/c1-17-16-26(14-15-27(17)23(30)35-24(2,3)4)22(29)21(18-10-6-5-7-11-18)25-36(33,34)20-13-9-8-12-19(20)28(31)32/h8-9,12-13,17-18,21,25H,5-7,10-11,14-16H2,1-4H3/t17-,21-/m0/s1. The molecule has 2 atom stereocenters. The van der Waals surface area contributed by atoms with Gasteiger partial charge in [-0.15, -0.1) is 0 Å². The molecule has 2 fully saturated rings. The molecule has 2 aliphatic rings. The van der Waals surface area contributed by atoms with Gasteiger partial charge in [-0.25, -0.2) is 13.2 Å². The van der Waals surface area contributed by atoms with Gasteiger partial charge in [0.1, 0.15) is 11.6 Å². The van der Waals surface area contributed by atoms with Crippen molar-refractivity contribution in [2.24, 2.45) is 5.92 Å². The summed E-state index contributed by atoms with van der Waals surface area (Å²) in [5.74, 6) is -0.595. The first kappa shape index (κ1) is 27.9. The van der Waals surface area contributed by atoms with Crippen LogP contribution in [0.2, 0.25) is 0 Å². The van der Waals surface area contributed by atoms with Crippen LogP contribution in [0.5, 0.6) is 0 Å². The lowest BCUT2D eigenvalue weighted by Gasteiger charge is -2.42. The molecule has 1 saturated carbocycles. The molecule has 0 unspecified atom stereocenters. The van der Waals surface area contributed by atoms with Crippen LogP contribution in [0, 0.1) is 16.0 Å². The van der Waals surface area contributed by atoms with E-state index in [9.17, 15) is 28.1 Å². The van der Waals surface area contributed by atoms with Crippen molar-refractivity contribution in [3.8, 4) is 0 Å². The summed E-state index contributed by atoms with van der Waals surface area (Å²) >= 11 is 0. The number of nitro benzene ring substituents is 1. The number of rotatable bonds is 6. The van der Waals surface area contributed by atoms with Gasteiger partial charge in [0.05, 0.1) is 4.92 Å². The average Bonchev–Trinajstić information content (AvgIpc) is 2.81. The van der Waals surface area contributed by atoms with E-state index in [1.165, 1.54) is 18.2 Å². The lowest BCUT2D eigenvalue weighted by atomic mass is 9.83. The highest BCUT2D eigenvalue weighted by Gasteiger charge is 2.40. The molecular weight excluding hydrogens is 488 g/mol. The second kappa shape index (κ2) is 11.1. The molecule has 36 heavy (non-hydrogen) atoms. The van der Waals surface area contributed by atoms with E-state index < -0.39 is 43.3 Å². The van der Waals surface area contributed by atoms with Crippen molar-refractivity contribution in [1.29, 1.82) is 0 Å². The molecule has 0 bridgehead atoms. The Morgan fingerprint density at radius 2 is 1.78 bits per heavy atom. The van der Waals surface area contributed by atoms with Crippen LogP contribution in [0.1, 0.15) is 59.8 Å². The molecule has 200 valence electrons. The van der Waals surface area contributed by atoms with Crippen molar-refractivity contribution in [3.05, 3.63) is 34.4 Å². The van der Waals surface area contributed by atoms with Gasteiger partial charge in [-0.3, -0.25) is 14.9 Å². The van der Waals surface area contributed by atoms with Gasteiger partial charge in [0.15, 0.2) is 4.90 Å². The van der Waals surface area contributed by atoms with Crippen LogP contribution in [0.3, 0.4) is 0 Å². The van der Waals surface area contributed by atoms with Crippen molar-refractivity contribution in [2.45, 2.75) is 82.4 Å². The number of sulfonamides is 1. The molecule has 1 aromatic rings. The van der Waals surface area contributed by atoms with Gasteiger partial charge >= 0.3 is 6.09 Å². The summed E-state index contributed by atoms with van der Waals surface area (Å²) < 4.78 is 34.6.